The van der Waals surface area contributed by atoms with Gasteiger partial charge in [-0.25, -0.2) is 4.39 Å². The van der Waals surface area contributed by atoms with Crippen LogP contribution in [0.4, 0.5) is 4.39 Å². The molecule has 0 saturated carbocycles. The van der Waals surface area contributed by atoms with E-state index in [1.54, 1.807) is 12.3 Å². The van der Waals surface area contributed by atoms with E-state index in [0.29, 0.717) is 12.2 Å². The molecule has 0 radical (unpaired) electrons. The van der Waals surface area contributed by atoms with Crippen molar-refractivity contribution in [3.8, 4) is 0 Å². The monoisotopic (exact) mass is 196 g/mol. The van der Waals surface area contributed by atoms with Gasteiger partial charge in [-0.3, -0.25) is 4.98 Å². The standard InChI is InChI=1S/C10H13FN2O/c11-9-5-13-3-1-8(9)10(12)7-2-4-14-6-7/h1,3,5,7,10H,2,4,6,12H2. The van der Waals surface area contributed by atoms with Gasteiger partial charge in [-0.05, 0) is 12.5 Å². The Labute approximate surface area is 82.1 Å². The summed E-state index contributed by atoms with van der Waals surface area (Å²) >= 11 is 0. The van der Waals surface area contributed by atoms with Crippen LogP contribution in [0, 0.1) is 11.7 Å². The van der Waals surface area contributed by atoms with Crippen molar-refractivity contribution in [2.45, 2.75) is 12.5 Å². The minimum atomic E-state index is -0.327. The molecule has 76 valence electrons. The topological polar surface area (TPSA) is 48.1 Å². The van der Waals surface area contributed by atoms with Crippen molar-refractivity contribution in [3.05, 3.63) is 29.8 Å². The summed E-state index contributed by atoms with van der Waals surface area (Å²) < 4.78 is 18.5. The van der Waals surface area contributed by atoms with E-state index in [2.05, 4.69) is 4.98 Å². The number of nitrogens with zero attached hydrogens (tertiary/aromatic N) is 1. The average Bonchev–Trinajstić information content (AvgIpc) is 2.70. The van der Waals surface area contributed by atoms with Crippen molar-refractivity contribution in [3.63, 3.8) is 0 Å². The van der Waals surface area contributed by atoms with Crippen LogP contribution in [-0.4, -0.2) is 18.2 Å². The predicted molar refractivity (Wildman–Crippen MR) is 50.0 cm³/mol. The van der Waals surface area contributed by atoms with Gasteiger partial charge >= 0.3 is 0 Å². The lowest BCUT2D eigenvalue weighted by molar-refractivity contribution is 0.180. The third-order valence-electron chi connectivity index (χ3n) is 2.64. The second kappa shape index (κ2) is 4.02. The minimum Gasteiger partial charge on any atom is -0.381 e. The second-order valence-electron chi connectivity index (χ2n) is 3.55. The largest absolute Gasteiger partial charge is 0.381 e. The molecule has 1 aliphatic rings. The maximum Gasteiger partial charge on any atom is 0.146 e. The predicted octanol–water partition coefficient (Wildman–Crippen LogP) is 1.26. The Balaban J connectivity index is 2.17. The molecule has 2 heterocycles. The first-order chi connectivity index (χ1) is 6.79. The normalized spacial score (nSPS) is 23.7. The maximum atomic E-state index is 13.3. The van der Waals surface area contributed by atoms with Crippen molar-refractivity contribution in [1.82, 2.24) is 4.98 Å². The molecular weight excluding hydrogens is 183 g/mol. The Morgan fingerprint density at radius 3 is 3.14 bits per heavy atom. The van der Waals surface area contributed by atoms with Crippen molar-refractivity contribution < 1.29 is 9.13 Å². The molecule has 3 nitrogen and oxygen atoms in total. The summed E-state index contributed by atoms with van der Waals surface area (Å²) in [4.78, 5) is 3.69. The lowest BCUT2D eigenvalue weighted by Gasteiger charge is -2.17. The highest BCUT2D eigenvalue weighted by atomic mass is 19.1. The van der Waals surface area contributed by atoms with Crippen molar-refractivity contribution in [2.75, 3.05) is 13.2 Å². The van der Waals surface area contributed by atoms with Gasteiger partial charge < -0.3 is 10.5 Å². The Hall–Kier alpha value is -1.00. The van der Waals surface area contributed by atoms with E-state index in [1.807, 2.05) is 0 Å². The number of halogens is 1. The molecule has 0 bridgehead atoms. The minimum absolute atomic E-state index is 0.229. The van der Waals surface area contributed by atoms with Crippen molar-refractivity contribution >= 4 is 0 Å². The molecular formula is C10H13FN2O. The van der Waals surface area contributed by atoms with E-state index in [4.69, 9.17) is 10.5 Å². The van der Waals surface area contributed by atoms with Gasteiger partial charge in [-0.2, -0.15) is 0 Å². The summed E-state index contributed by atoms with van der Waals surface area (Å²) in [5.74, 6) is -0.0983. The summed E-state index contributed by atoms with van der Waals surface area (Å²) in [6.45, 7) is 1.36. The molecule has 1 fully saturated rings. The number of hydrogen-bond acceptors (Lipinski definition) is 3. The Bertz CT molecular complexity index is 313. The third kappa shape index (κ3) is 1.76. The molecule has 2 N–H and O–H groups in total. The zero-order valence-corrected chi connectivity index (χ0v) is 7.82. The molecule has 0 amide bonds. The van der Waals surface area contributed by atoms with E-state index >= 15 is 0 Å². The van der Waals surface area contributed by atoms with E-state index in [-0.39, 0.29) is 17.8 Å². The van der Waals surface area contributed by atoms with Crippen molar-refractivity contribution in [2.24, 2.45) is 11.7 Å². The van der Waals surface area contributed by atoms with Gasteiger partial charge in [0, 0.05) is 30.3 Å². The Morgan fingerprint density at radius 1 is 1.64 bits per heavy atom. The molecule has 2 unspecified atom stereocenters. The van der Waals surface area contributed by atoms with Gasteiger partial charge in [0.1, 0.15) is 5.82 Å². The summed E-state index contributed by atoms with van der Waals surface area (Å²) in [7, 11) is 0. The molecule has 1 aromatic rings. The van der Waals surface area contributed by atoms with Gasteiger partial charge in [0.05, 0.1) is 12.8 Å². The van der Waals surface area contributed by atoms with Crippen LogP contribution in [0.1, 0.15) is 18.0 Å². The summed E-state index contributed by atoms with van der Waals surface area (Å²) in [5, 5.41) is 0. The van der Waals surface area contributed by atoms with Gasteiger partial charge in [0.2, 0.25) is 0 Å². The second-order valence-corrected chi connectivity index (χ2v) is 3.55. The highest BCUT2D eigenvalue weighted by Crippen LogP contribution is 2.27. The smallest absolute Gasteiger partial charge is 0.146 e. The first-order valence-electron chi connectivity index (χ1n) is 4.72. The fourth-order valence-electron chi connectivity index (χ4n) is 1.75. The van der Waals surface area contributed by atoms with E-state index < -0.39 is 0 Å². The Kier molecular flexibility index (Phi) is 2.74. The average molecular weight is 196 g/mol. The number of pyridine rings is 1. The zero-order chi connectivity index (χ0) is 9.97. The summed E-state index contributed by atoms with van der Waals surface area (Å²) in [6, 6.07) is 1.36. The van der Waals surface area contributed by atoms with Crippen LogP contribution in [0.25, 0.3) is 0 Å². The van der Waals surface area contributed by atoms with E-state index in [0.717, 1.165) is 13.0 Å². The molecule has 0 aromatic carbocycles. The first kappa shape index (κ1) is 9.55. The van der Waals surface area contributed by atoms with E-state index in [9.17, 15) is 4.39 Å². The van der Waals surface area contributed by atoms with Crippen LogP contribution in [-0.2, 0) is 4.74 Å². The molecule has 1 aliphatic heterocycles. The van der Waals surface area contributed by atoms with Gasteiger partial charge in [-0.1, -0.05) is 0 Å². The van der Waals surface area contributed by atoms with Gasteiger partial charge in [-0.15, -0.1) is 0 Å². The lowest BCUT2D eigenvalue weighted by atomic mass is 9.94. The number of nitrogens with two attached hydrogens (primary N) is 1. The number of aromatic nitrogens is 1. The molecule has 2 atom stereocenters. The number of rotatable bonds is 2. The van der Waals surface area contributed by atoms with Crippen LogP contribution in [0.2, 0.25) is 0 Å². The fourth-order valence-corrected chi connectivity index (χ4v) is 1.75. The third-order valence-corrected chi connectivity index (χ3v) is 2.64. The molecule has 14 heavy (non-hydrogen) atoms. The van der Waals surface area contributed by atoms with Crippen LogP contribution in [0.5, 0.6) is 0 Å². The number of ether oxygens (including phenoxy) is 1. The molecule has 0 aliphatic carbocycles. The molecule has 1 aromatic heterocycles. The summed E-state index contributed by atoms with van der Waals surface area (Å²) in [5.41, 5.74) is 6.49. The fraction of sp³-hybridized carbons (Fsp3) is 0.500. The van der Waals surface area contributed by atoms with E-state index in [1.165, 1.54) is 6.20 Å². The quantitative estimate of drug-likeness (QED) is 0.774. The van der Waals surface area contributed by atoms with Crippen LogP contribution < -0.4 is 5.73 Å². The molecule has 2 rings (SSSR count). The van der Waals surface area contributed by atoms with Crippen molar-refractivity contribution in [1.29, 1.82) is 0 Å². The Morgan fingerprint density at radius 2 is 2.50 bits per heavy atom. The van der Waals surface area contributed by atoms with Gasteiger partial charge in [0.25, 0.3) is 0 Å². The number of hydrogen-bond donors (Lipinski definition) is 1. The maximum absolute atomic E-state index is 13.3. The zero-order valence-electron chi connectivity index (χ0n) is 7.82. The SMILES string of the molecule is NC(c1ccncc1F)C1CCOC1. The molecule has 0 spiro atoms. The highest BCUT2D eigenvalue weighted by Gasteiger charge is 2.25. The van der Waals surface area contributed by atoms with Crippen LogP contribution >= 0.6 is 0 Å². The highest BCUT2D eigenvalue weighted by molar-refractivity contribution is 5.18. The lowest BCUT2D eigenvalue weighted by Crippen LogP contribution is -2.22. The molecule has 4 heteroatoms. The van der Waals surface area contributed by atoms with Crippen LogP contribution in [0.3, 0.4) is 0 Å². The molecule has 1 saturated heterocycles. The van der Waals surface area contributed by atoms with Crippen LogP contribution in [0.15, 0.2) is 18.5 Å². The van der Waals surface area contributed by atoms with Gasteiger partial charge in [0.15, 0.2) is 0 Å². The summed E-state index contributed by atoms with van der Waals surface area (Å²) in [6.07, 6.45) is 3.67. The first-order valence-corrected chi connectivity index (χ1v) is 4.72.